The number of benzene rings is 2. The van der Waals surface area contributed by atoms with E-state index in [0.29, 0.717) is 11.3 Å². The van der Waals surface area contributed by atoms with Crippen molar-refractivity contribution >= 4 is 23.6 Å². The lowest BCUT2D eigenvalue weighted by atomic mass is 9.79. The molecule has 0 spiro atoms. The number of hydrogen-bond acceptors (Lipinski definition) is 7. The smallest absolute Gasteiger partial charge is 0.316 e. The Labute approximate surface area is 184 Å². The Morgan fingerprint density at radius 1 is 1.13 bits per heavy atom. The third-order valence-corrected chi connectivity index (χ3v) is 5.71. The third kappa shape index (κ3) is 5.06. The quantitative estimate of drug-likeness (QED) is 0.667. The number of carbonyl (C=O) groups is 2. The Bertz CT molecular complexity index is 1090. The maximum absolute atomic E-state index is 12.6. The molecule has 1 aliphatic rings. The van der Waals surface area contributed by atoms with Gasteiger partial charge in [0.2, 0.25) is 5.91 Å². The molecular weight excluding hydrogens is 414 g/mol. The zero-order valence-corrected chi connectivity index (χ0v) is 17.5. The van der Waals surface area contributed by atoms with Crippen LogP contribution in [0, 0.1) is 28.6 Å². The largest absolute Gasteiger partial charge is 0.496 e. The number of esters is 1. The first kappa shape index (κ1) is 21.9. The molecule has 0 unspecified atom stereocenters. The number of para-hydroxylation sites is 1. The van der Waals surface area contributed by atoms with Crippen molar-refractivity contribution in [3.63, 3.8) is 0 Å². The number of hydrogen-bond donors (Lipinski definition) is 1. The summed E-state index contributed by atoms with van der Waals surface area (Å²) < 4.78 is 10.6. The number of methoxy groups -OCH3 is 1. The van der Waals surface area contributed by atoms with E-state index in [1.54, 1.807) is 24.3 Å². The maximum Gasteiger partial charge on any atom is 0.316 e. The van der Waals surface area contributed by atoms with Gasteiger partial charge >= 0.3 is 5.97 Å². The highest BCUT2D eigenvalue weighted by Gasteiger charge is 2.40. The average Bonchev–Trinajstić information content (AvgIpc) is 2.81. The van der Waals surface area contributed by atoms with Gasteiger partial charge < -0.3 is 14.8 Å². The second-order valence-electron chi connectivity index (χ2n) is 6.61. The summed E-state index contributed by atoms with van der Waals surface area (Å²) in [5, 5.41) is 22.3. The van der Waals surface area contributed by atoms with Crippen molar-refractivity contribution in [2.45, 2.75) is 12.5 Å². The van der Waals surface area contributed by atoms with Crippen LogP contribution in [0.2, 0.25) is 0 Å². The van der Waals surface area contributed by atoms with Gasteiger partial charge in [-0.05, 0) is 11.6 Å². The van der Waals surface area contributed by atoms with E-state index < -0.39 is 23.7 Å². The van der Waals surface area contributed by atoms with Gasteiger partial charge in [0.05, 0.1) is 41.5 Å². The van der Waals surface area contributed by atoms with Gasteiger partial charge in [-0.1, -0.05) is 60.3 Å². The number of amides is 1. The van der Waals surface area contributed by atoms with Crippen LogP contribution in [-0.4, -0.2) is 24.7 Å². The lowest BCUT2D eigenvalue weighted by Crippen LogP contribution is -2.39. The number of carbonyl (C=O) groups excluding carboxylic acids is 2. The Hall–Kier alpha value is -3.75. The van der Waals surface area contributed by atoms with E-state index in [9.17, 15) is 20.1 Å². The molecule has 8 heteroatoms. The van der Waals surface area contributed by atoms with Gasteiger partial charge in [-0.3, -0.25) is 9.59 Å². The molecule has 1 heterocycles. The summed E-state index contributed by atoms with van der Waals surface area (Å²) in [7, 11) is 1.48. The summed E-state index contributed by atoms with van der Waals surface area (Å²) in [5.41, 5.74) is 1.63. The first-order valence-electron chi connectivity index (χ1n) is 9.39. The van der Waals surface area contributed by atoms with E-state index in [0.717, 1.165) is 17.3 Å². The standard InChI is InChI=1S/C23H19N3O4S/c1-29-19-10-6-5-9-16(19)21-17(11-24)22(28)26-23(18(21)12-25)31-14-20(27)30-13-15-7-3-2-4-8-15/h2-10,17,21H,13-14H2,1H3,(H,26,28)/t17-,21+/m0/s1. The molecule has 1 aliphatic heterocycles. The maximum atomic E-state index is 12.6. The monoisotopic (exact) mass is 433 g/mol. The summed E-state index contributed by atoms with van der Waals surface area (Å²) in [6.07, 6.45) is 0. The molecule has 0 bridgehead atoms. The van der Waals surface area contributed by atoms with Crippen molar-refractivity contribution in [2.75, 3.05) is 12.9 Å². The second-order valence-corrected chi connectivity index (χ2v) is 7.59. The molecule has 0 aromatic heterocycles. The fourth-order valence-corrected chi connectivity index (χ4v) is 4.10. The van der Waals surface area contributed by atoms with Gasteiger partial charge in [-0.2, -0.15) is 10.5 Å². The first-order chi connectivity index (χ1) is 15.1. The van der Waals surface area contributed by atoms with Crippen LogP contribution in [0.3, 0.4) is 0 Å². The minimum absolute atomic E-state index is 0.0938. The van der Waals surface area contributed by atoms with Crippen LogP contribution in [0.15, 0.2) is 65.2 Å². The van der Waals surface area contributed by atoms with Crippen molar-refractivity contribution in [1.82, 2.24) is 5.32 Å². The Morgan fingerprint density at radius 3 is 2.52 bits per heavy atom. The van der Waals surface area contributed by atoms with Crippen LogP contribution in [0.4, 0.5) is 0 Å². The van der Waals surface area contributed by atoms with Crippen LogP contribution in [0.5, 0.6) is 5.75 Å². The fraction of sp³-hybridized carbons (Fsp3) is 0.217. The molecule has 1 N–H and O–H groups in total. The summed E-state index contributed by atoms with van der Waals surface area (Å²) in [6.45, 7) is 0.136. The van der Waals surface area contributed by atoms with Gasteiger partial charge in [-0.15, -0.1) is 0 Å². The van der Waals surface area contributed by atoms with Crippen molar-refractivity contribution in [3.05, 3.63) is 76.3 Å². The minimum Gasteiger partial charge on any atom is -0.496 e. The molecule has 3 rings (SSSR count). The number of nitriles is 2. The number of nitrogens with one attached hydrogen (secondary N) is 1. The lowest BCUT2D eigenvalue weighted by molar-refractivity contribution is -0.141. The molecule has 156 valence electrons. The van der Waals surface area contributed by atoms with Gasteiger partial charge in [0.25, 0.3) is 0 Å². The van der Waals surface area contributed by atoms with Crippen LogP contribution >= 0.6 is 11.8 Å². The Balaban J connectivity index is 1.81. The molecule has 2 aromatic rings. The third-order valence-electron chi connectivity index (χ3n) is 4.72. The predicted octanol–water partition coefficient (Wildman–Crippen LogP) is 3.26. The van der Waals surface area contributed by atoms with E-state index >= 15 is 0 Å². The molecule has 1 amide bonds. The summed E-state index contributed by atoms with van der Waals surface area (Å²) in [4.78, 5) is 24.8. The minimum atomic E-state index is -1.10. The SMILES string of the molecule is COc1ccccc1[C@H]1C(C#N)=C(SCC(=O)OCc2ccccc2)NC(=O)[C@H]1C#N. The van der Waals surface area contributed by atoms with Crippen LogP contribution in [-0.2, 0) is 20.9 Å². The van der Waals surface area contributed by atoms with Crippen molar-refractivity contribution < 1.29 is 19.1 Å². The lowest BCUT2D eigenvalue weighted by Gasteiger charge is -2.29. The Morgan fingerprint density at radius 2 is 1.84 bits per heavy atom. The number of nitrogens with zero attached hydrogens (tertiary/aromatic N) is 2. The van der Waals surface area contributed by atoms with E-state index in [-0.39, 0.29) is 23.0 Å². The van der Waals surface area contributed by atoms with E-state index in [1.165, 1.54) is 7.11 Å². The van der Waals surface area contributed by atoms with Crippen molar-refractivity contribution in [2.24, 2.45) is 5.92 Å². The molecule has 2 atom stereocenters. The van der Waals surface area contributed by atoms with Crippen LogP contribution in [0.1, 0.15) is 17.0 Å². The van der Waals surface area contributed by atoms with Gasteiger partial charge in [0, 0.05) is 5.56 Å². The van der Waals surface area contributed by atoms with Gasteiger partial charge in [0.1, 0.15) is 18.3 Å². The first-order valence-corrected chi connectivity index (χ1v) is 10.4. The molecule has 31 heavy (non-hydrogen) atoms. The van der Waals surface area contributed by atoms with Crippen molar-refractivity contribution in [1.29, 1.82) is 10.5 Å². The zero-order chi connectivity index (χ0) is 22.2. The molecule has 2 aromatic carbocycles. The highest BCUT2D eigenvalue weighted by Crippen LogP contribution is 2.42. The van der Waals surface area contributed by atoms with Gasteiger partial charge in [0.15, 0.2) is 0 Å². The number of allylic oxidation sites excluding steroid dienone is 1. The summed E-state index contributed by atoms with van der Waals surface area (Å²) >= 11 is 1.00. The molecule has 0 radical (unpaired) electrons. The highest BCUT2D eigenvalue weighted by atomic mass is 32.2. The second kappa shape index (κ2) is 10.3. The number of thioether (sulfide) groups is 1. The fourth-order valence-electron chi connectivity index (χ4n) is 3.25. The molecule has 0 saturated carbocycles. The van der Waals surface area contributed by atoms with E-state index in [4.69, 9.17) is 9.47 Å². The van der Waals surface area contributed by atoms with Crippen molar-refractivity contribution in [3.8, 4) is 17.9 Å². The zero-order valence-electron chi connectivity index (χ0n) is 16.7. The molecule has 0 saturated heterocycles. The number of ether oxygens (including phenoxy) is 2. The predicted molar refractivity (Wildman–Crippen MR) is 114 cm³/mol. The van der Waals surface area contributed by atoms with E-state index in [2.05, 4.69) is 11.4 Å². The molecule has 7 nitrogen and oxygen atoms in total. The molecular formula is C23H19N3O4S. The van der Waals surface area contributed by atoms with Crippen LogP contribution in [0.25, 0.3) is 0 Å². The summed E-state index contributed by atoms with van der Waals surface area (Å²) in [6, 6.07) is 20.3. The van der Waals surface area contributed by atoms with Crippen LogP contribution < -0.4 is 10.1 Å². The van der Waals surface area contributed by atoms with E-state index in [1.807, 2.05) is 36.4 Å². The normalized spacial score (nSPS) is 17.8. The average molecular weight is 433 g/mol. The molecule has 0 aliphatic carbocycles. The Kier molecular flexibility index (Phi) is 7.31. The molecule has 0 fully saturated rings. The highest BCUT2D eigenvalue weighted by molar-refractivity contribution is 8.03. The van der Waals surface area contributed by atoms with Gasteiger partial charge in [-0.25, -0.2) is 0 Å². The summed E-state index contributed by atoms with van der Waals surface area (Å²) in [5.74, 6) is -2.53. The number of rotatable bonds is 7. The topological polar surface area (TPSA) is 112 Å².